The van der Waals surface area contributed by atoms with E-state index < -0.39 is 6.10 Å². The average molecular weight is 243 g/mol. The van der Waals surface area contributed by atoms with Crippen LogP contribution in [-0.4, -0.2) is 35.9 Å². The van der Waals surface area contributed by atoms with Crippen molar-refractivity contribution < 1.29 is 14.6 Å². The molecule has 1 aliphatic rings. The monoisotopic (exact) mass is 243 g/mol. The van der Waals surface area contributed by atoms with Crippen LogP contribution in [0.5, 0.6) is 0 Å². The topological polar surface area (TPSA) is 58.6 Å². The van der Waals surface area contributed by atoms with E-state index in [9.17, 15) is 9.90 Å². The molecular weight excluding hydrogens is 218 g/mol. The summed E-state index contributed by atoms with van der Waals surface area (Å²) in [5.74, 6) is -0.218. The number of ether oxygens (including phenoxy) is 1. The molecule has 3 atom stereocenters. The fourth-order valence-electron chi connectivity index (χ4n) is 2.09. The van der Waals surface area contributed by atoms with E-state index in [1.165, 1.54) is 19.3 Å². The van der Waals surface area contributed by atoms with Gasteiger partial charge in [0.2, 0.25) is 0 Å². The number of aliphatic hydroxyl groups is 1. The van der Waals surface area contributed by atoms with Crippen LogP contribution in [0.1, 0.15) is 52.4 Å². The van der Waals surface area contributed by atoms with Crippen LogP contribution >= 0.6 is 0 Å². The Labute approximate surface area is 104 Å². The number of nitrogens with one attached hydrogen (secondary N) is 1. The van der Waals surface area contributed by atoms with E-state index >= 15 is 0 Å². The molecule has 17 heavy (non-hydrogen) atoms. The van der Waals surface area contributed by atoms with E-state index in [1.807, 2.05) is 6.92 Å². The molecule has 2 N–H and O–H groups in total. The van der Waals surface area contributed by atoms with Crippen LogP contribution in [0.15, 0.2) is 0 Å². The Morgan fingerprint density at radius 2 is 2.24 bits per heavy atom. The zero-order valence-electron chi connectivity index (χ0n) is 10.9. The summed E-state index contributed by atoms with van der Waals surface area (Å²) in [6.45, 7) is 4.61. The van der Waals surface area contributed by atoms with Crippen LogP contribution in [0, 0.1) is 0 Å². The number of β-amino-alcohol motifs (C(OH)–C–C–N with tert-alkyl or cyclic N) is 1. The molecule has 0 aliphatic carbocycles. The Kier molecular flexibility index (Phi) is 6.52. The van der Waals surface area contributed by atoms with E-state index in [-0.39, 0.29) is 18.1 Å². The van der Waals surface area contributed by atoms with Gasteiger partial charge < -0.3 is 15.2 Å². The number of aliphatic hydroxyl groups excluding tert-OH is 1. The molecule has 0 aromatic carbocycles. The minimum absolute atomic E-state index is 0.0149. The van der Waals surface area contributed by atoms with Crippen LogP contribution in [0.2, 0.25) is 0 Å². The third-order valence-electron chi connectivity index (χ3n) is 3.17. The fourth-order valence-corrected chi connectivity index (χ4v) is 2.09. The minimum Gasteiger partial charge on any atom is -0.462 e. The zero-order valence-corrected chi connectivity index (χ0v) is 10.9. The first-order valence-corrected chi connectivity index (χ1v) is 6.75. The summed E-state index contributed by atoms with van der Waals surface area (Å²) >= 11 is 0. The fraction of sp³-hybridized carbons (Fsp3) is 0.923. The van der Waals surface area contributed by atoms with Gasteiger partial charge in [0.25, 0.3) is 0 Å². The summed E-state index contributed by atoms with van der Waals surface area (Å²) < 4.78 is 5.35. The minimum atomic E-state index is -0.410. The van der Waals surface area contributed by atoms with E-state index in [0.29, 0.717) is 13.0 Å². The maximum Gasteiger partial charge on any atom is 0.323 e. The lowest BCUT2D eigenvalue weighted by molar-refractivity contribution is -0.150. The second kappa shape index (κ2) is 7.67. The van der Waals surface area contributed by atoms with Gasteiger partial charge in [-0.05, 0) is 19.8 Å². The molecule has 0 aromatic rings. The number of hydrogen-bond acceptors (Lipinski definition) is 4. The largest absolute Gasteiger partial charge is 0.462 e. The van der Waals surface area contributed by atoms with Crippen LogP contribution in [0.3, 0.4) is 0 Å². The summed E-state index contributed by atoms with van der Waals surface area (Å²) in [7, 11) is 0. The second-order valence-corrected chi connectivity index (χ2v) is 4.95. The molecule has 0 radical (unpaired) electrons. The molecule has 0 amide bonds. The normalized spacial score (nSPS) is 25.8. The molecule has 1 aliphatic heterocycles. The summed E-state index contributed by atoms with van der Waals surface area (Å²) in [5.41, 5.74) is 0. The molecule has 1 saturated heterocycles. The molecule has 0 bridgehead atoms. The number of unbranched alkanes of at least 4 members (excludes halogenated alkanes) is 3. The van der Waals surface area contributed by atoms with Crippen molar-refractivity contribution in [3.63, 3.8) is 0 Å². The number of esters is 1. The average Bonchev–Trinajstić information content (AvgIpc) is 2.71. The highest BCUT2D eigenvalue weighted by Gasteiger charge is 2.29. The first kappa shape index (κ1) is 14.5. The van der Waals surface area contributed by atoms with Crippen molar-refractivity contribution in [2.45, 2.75) is 70.6 Å². The molecule has 4 heteroatoms. The van der Waals surface area contributed by atoms with Crippen molar-refractivity contribution in [3.05, 3.63) is 0 Å². The van der Waals surface area contributed by atoms with Crippen LogP contribution < -0.4 is 5.32 Å². The summed E-state index contributed by atoms with van der Waals surface area (Å²) in [5, 5.41) is 12.3. The third kappa shape index (κ3) is 5.50. The van der Waals surface area contributed by atoms with Gasteiger partial charge in [-0.2, -0.15) is 0 Å². The summed E-state index contributed by atoms with van der Waals surface area (Å²) in [6.07, 6.45) is 5.77. The van der Waals surface area contributed by atoms with E-state index in [2.05, 4.69) is 12.2 Å². The van der Waals surface area contributed by atoms with Gasteiger partial charge in [0, 0.05) is 13.0 Å². The van der Waals surface area contributed by atoms with Crippen molar-refractivity contribution in [1.82, 2.24) is 5.32 Å². The Morgan fingerprint density at radius 3 is 2.82 bits per heavy atom. The maximum atomic E-state index is 11.7. The van der Waals surface area contributed by atoms with Gasteiger partial charge in [-0.3, -0.25) is 4.79 Å². The molecular formula is C13H25NO3. The van der Waals surface area contributed by atoms with E-state index in [1.54, 1.807) is 0 Å². The lowest BCUT2D eigenvalue weighted by Crippen LogP contribution is -2.34. The maximum absolute atomic E-state index is 11.7. The smallest absolute Gasteiger partial charge is 0.323 e. The highest BCUT2D eigenvalue weighted by molar-refractivity contribution is 5.76. The Morgan fingerprint density at radius 1 is 1.47 bits per heavy atom. The van der Waals surface area contributed by atoms with Crippen LogP contribution in [0.25, 0.3) is 0 Å². The lowest BCUT2D eigenvalue weighted by atomic mass is 10.1. The van der Waals surface area contributed by atoms with Gasteiger partial charge in [0.05, 0.1) is 12.2 Å². The molecule has 0 aromatic heterocycles. The van der Waals surface area contributed by atoms with E-state index in [0.717, 1.165) is 12.8 Å². The van der Waals surface area contributed by atoms with Crippen LogP contribution in [0.4, 0.5) is 0 Å². The predicted octanol–water partition coefficient (Wildman–Crippen LogP) is 1.61. The summed E-state index contributed by atoms with van der Waals surface area (Å²) in [6, 6.07) is -0.317. The molecule has 1 unspecified atom stereocenters. The molecule has 0 saturated carbocycles. The molecule has 1 rings (SSSR count). The Hall–Kier alpha value is -0.610. The van der Waals surface area contributed by atoms with E-state index in [4.69, 9.17) is 4.74 Å². The van der Waals surface area contributed by atoms with Crippen molar-refractivity contribution >= 4 is 5.97 Å². The third-order valence-corrected chi connectivity index (χ3v) is 3.17. The zero-order chi connectivity index (χ0) is 12.7. The lowest BCUT2D eigenvalue weighted by Gasteiger charge is -2.16. The molecule has 1 fully saturated rings. The van der Waals surface area contributed by atoms with Crippen molar-refractivity contribution in [2.75, 3.05) is 6.54 Å². The number of carbonyl (C=O) groups excluding carboxylic acids is 1. The highest BCUT2D eigenvalue weighted by atomic mass is 16.5. The first-order chi connectivity index (χ1) is 8.13. The van der Waals surface area contributed by atoms with Crippen LogP contribution in [-0.2, 0) is 9.53 Å². The van der Waals surface area contributed by atoms with Gasteiger partial charge in [-0.25, -0.2) is 0 Å². The Bertz CT molecular complexity index is 233. The SMILES string of the molecule is CCCCCCC(C)OC(=O)[C@@H]1C[C@@H](O)CN1. The van der Waals surface area contributed by atoms with Gasteiger partial charge in [-0.15, -0.1) is 0 Å². The van der Waals surface area contributed by atoms with Gasteiger partial charge in [-0.1, -0.05) is 26.2 Å². The molecule has 100 valence electrons. The number of hydrogen-bond donors (Lipinski definition) is 2. The highest BCUT2D eigenvalue weighted by Crippen LogP contribution is 2.12. The van der Waals surface area contributed by atoms with Crippen molar-refractivity contribution in [2.24, 2.45) is 0 Å². The first-order valence-electron chi connectivity index (χ1n) is 6.75. The predicted molar refractivity (Wildman–Crippen MR) is 66.7 cm³/mol. The quantitative estimate of drug-likeness (QED) is 0.527. The molecule has 0 spiro atoms. The summed E-state index contributed by atoms with van der Waals surface area (Å²) in [4.78, 5) is 11.7. The van der Waals surface area contributed by atoms with Gasteiger partial charge >= 0.3 is 5.97 Å². The second-order valence-electron chi connectivity index (χ2n) is 4.95. The van der Waals surface area contributed by atoms with Crippen molar-refractivity contribution in [1.29, 1.82) is 0 Å². The number of rotatable bonds is 7. The van der Waals surface area contributed by atoms with Crippen molar-refractivity contribution in [3.8, 4) is 0 Å². The van der Waals surface area contributed by atoms with Gasteiger partial charge in [0.1, 0.15) is 6.04 Å². The molecule has 4 nitrogen and oxygen atoms in total. The Balaban J connectivity index is 2.12. The van der Waals surface area contributed by atoms with Gasteiger partial charge in [0.15, 0.2) is 0 Å². The standard InChI is InChI=1S/C13H25NO3/c1-3-4-5-6-7-10(2)17-13(16)12-8-11(15)9-14-12/h10-12,14-15H,3-9H2,1-2H3/t10?,11-,12+/m1/s1. The number of carbonyl (C=O) groups is 1. The molecule has 1 heterocycles.